The van der Waals surface area contributed by atoms with Crippen LogP contribution in [0.3, 0.4) is 0 Å². The standard InChI is InChI=1S/C11H16N2O2/c1-3-13(4-2)8-5-6-10(14)9(7-8)11(12)15/h5-7,14H,3-4H2,1-2H3,(H2,12,15). The van der Waals surface area contributed by atoms with E-state index >= 15 is 0 Å². The quantitative estimate of drug-likeness (QED) is 0.784. The molecule has 82 valence electrons. The second-order valence-electron chi connectivity index (χ2n) is 3.24. The number of hydrogen-bond donors (Lipinski definition) is 2. The first-order valence-electron chi connectivity index (χ1n) is 4.97. The zero-order valence-corrected chi connectivity index (χ0v) is 9.03. The summed E-state index contributed by atoms with van der Waals surface area (Å²) in [7, 11) is 0. The van der Waals surface area contributed by atoms with Gasteiger partial charge in [0.25, 0.3) is 5.91 Å². The highest BCUT2D eigenvalue weighted by molar-refractivity contribution is 5.96. The summed E-state index contributed by atoms with van der Waals surface area (Å²) in [4.78, 5) is 13.1. The van der Waals surface area contributed by atoms with Gasteiger partial charge in [0.15, 0.2) is 0 Å². The second kappa shape index (κ2) is 4.68. The van der Waals surface area contributed by atoms with Crippen molar-refractivity contribution in [2.24, 2.45) is 5.73 Å². The molecule has 15 heavy (non-hydrogen) atoms. The Kier molecular flexibility index (Phi) is 3.55. The van der Waals surface area contributed by atoms with E-state index in [2.05, 4.69) is 4.90 Å². The Morgan fingerprint density at radius 3 is 2.47 bits per heavy atom. The van der Waals surface area contributed by atoms with Gasteiger partial charge in [0.2, 0.25) is 0 Å². The number of primary amides is 1. The highest BCUT2D eigenvalue weighted by atomic mass is 16.3. The van der Waals surface area contributed by atoms with Crippen molar-refractivity contribution in [3.8, 4) is 5.75 Å². The van der Waals surface area contributed by atoms with Gasteiger partial charge in [0, 0.05) is 18.8 Å². The summed E-state index contributed by atoms with van der Waals surface area (Å²) in [6.07, 6.45) is 0. The van der Waals surface area contributed by atoms with Gasteiger partial charge in [-0.15, -0.1) is 0 Å². The van der Waals surface area contributed by atoms with E-state index in [1.807, 2.05) is 13.8 Å². The van der Waals surface area contributed by atoms with Crippen LogP contribution in [0.5, 0.6) is 5.75 Å². The fraction of sp³-hybridized carbons (Fsp3) is 0.364. The molecule has 0 unspecified atom stereocenters. The van der Waals surface area contributed by atoms with Crippen LogP contribution in [0.4, 0.5) is 5.69 Å². The molecule has 1 amide bonds. The summed E-state index contributed by atoms with van der Waals surface area (Å²) in [5.74, 6) is -0.681. The SMILES string of the molecule is CCN(CC)c1ccc(O)c(C(N)=O)c1. The Balaban J connectivity index is 3.11. The lowest BCUT2D eigenvalue weighted by atomic mass is 10.1. The highest BCUT2D eigenvalue weighted by Crippen LogP contribution is 2.23. The van der Waals surface area contributed by atoms with Crippen molar-refractivity contribution in [3.63, 3.8) is 0 Å². The molecule has 0 fully saturated rings. The number of benzene rings is 1. The number of aromatic hydroxyl groups is 1. The molecule has 3 N–H and O–H groups in total. The largest absolute Gasteiger partial charge is 0.507 e. The van der Waals surface area contributed by atoms with Gasteiger partial charge < -0.3 is 15.7 Å². The van der Waals surface area contributed by atoms with Crippen LogP contribution >= 0.6 is 0 Å². The fourth-order valence-electron chi connectivity index (χ4n) is 1.51. The lowest BCUT2D eigenvalue weighted by molar-refractivity contribution is 0.0998. The van der Waals surface area contributed by atoms with Crippen molar-refractivity contribution in [1.82, 2.24) is 0 Å². The van der Waals surface area contributed by atoms with Gasteiger partial charge in [-0.1, -0.05) is 0 Å². The van der Waals surface area contributed by atoms with Crippen molar-refractivity contribution in [3.05, 3.63) is 23.8 Å². The van der Waals surface area contributed by atoms with E-state index < -0.39 is 5.91 Å². The number of phenols is 1. The summed E-state index contributed by atoms with van der Waals surface area (Å²) in [5.41, 5.74) is 6.21. The van der Waals surface area contributed by atoms with Gasteiger partial charge in [0.1, 0.15) is 5.75 Å². The first-order chi connectivity index (χ1) is 7.10. The molecule has 1 aromatic rings. The molecule has 0 aliphatic rings. The Morgan fingerprint density at radius 1 is 1.40 bits per heavy atom. The molecule has 0 atom stereocenters. The lowest BCUT2D eigenvalue weighted by Crippen LogP contribution is -2.22. The van der Waals surface area contributed by atoms with Gasteiger partial charge in [-0.25, -0.2) is 0 Å². The predicted octanol–water partition coefficient (Wildman–Crippen LogP) is 1.34. The number of anilines is 1. The van der Waals surface area contributed by atoms with Gasteiger partial charge in [0.05, 0.1) is 5.56 Å². The average Bonchev–Trinajstić information content (AvgIpc) is 2.21. The summed E-state index contributed by atoms with van der Waals surface area (Å²) in [5, 5.41) is 9.41. The first kappa shape index (κ1) is 11.4. The van der Waals surface area contributed by atoms with Crippen molar-refractivity contribution in [2.75, 3.05) is 18.0 Å². The van der Waals surface area contributed by atoms with Crippen LogP contribution < -0.4 is 10.6 Å². The number of hydrogen-bond acceptors (Lipinski definition) is 3. The molecule has 0 aliphatic heterocycles. The number of nitrogens with two attached hydrogens (primary N) is 1. The molecule has 0 bridgehead atoms. The predicted molar refractivity (Wildman–Crippen MR) is 60.2 cm³/mol. The van der Waals surface area contributed by atoms with E-state index in [4.69, 9.17) is 5.73 Å². The smallest absolute Gasteiger partial charge is 0.252 e. The summed E-state index contributed by atoms with van der Waals surface area (Å²) in [6, 6.07) is 4.88. The van der Waals surface area contributed by atoms with Crippen LogP contribution in [0.2, 0.25) is 0 Å². The number of carbonyl (C=O) groups excluding carboxylic acids is 1. The van der Waals surface area contributed by atoms with Gasteiger partial charge in [-0.2, -0.15) is 0 Å². The van der Waals surface area contributed by atoms with E-state index in [1.165, 1.54) is 6.07 Å². The lowest BCUT2D eigenvalue weighted by Gasteiger charge is -2.21. The Morgan fingerprint density at radius 2 is 2.00 bits per heavy atom. The third-order valence-corrected chi connectivity index (χ3v) is 2.37. The molecular formula is C11H16N2O2. The van der Waals surface area contributed by atoms with Crippen LogP contribution in [-0.2, 0) is 0 Å². The van der Waals surface area contributed by atoms with Crippen LogP contribution in [-0.4, -0.2) is 24.1 Å². The number of amides is 1. The summed E-state index contributed by atoms with van der Waals surface area (Å²) < 4.78 is 0. The molecule has 0 heterocycles. The molecule has 1 rings (SSSR count). The number of nitrogens with zero attached hydrogens (tertiary/aromatic N) is 1. The Labute approximate surface area is 89.3 Å². The van der Waals surface area contributed by atoms with Crippen molar-refractivity contribution in [2.45, 2.75) is 13.8 Å². The monoisotopic (exact) mass is 208 g/mol. The molecule has 0 aromatic heterocycles. The van der Waals surface area contributed by atoms with Gasteiger partial charge in [-0.3, -0.25) is 4.79 Å². The molecular weight excluding hydrogens is 192 g/mol. The molecule has 0 saturated heterocycles. The average molecular weight is 208 g/mol. The Hall–Kier alpha value is -1.71. The molecule has 0 saturated carbocycles. The number of carbonyl (C=O) groups is 1. The normalized spacial score (nSPS) is 10.0. The summed E-state index contributed by atoms with van der Waals surface area (Å²) in [6.45, 7) is 5.75. The fourth-order valence-corrected chi connectivity index (χ4v) is 1.51. The van der Waals surface area contributed by atoms with Crippen molar-refractivity contribution >= 4 is 11.6 Å². The molecule has 0 spiro atoms. The maximum Gasteiger partial charge on any atom is 0.252 e. The van der Waals surface area contributed by atoms with Gasteiger partial charge >= 0.3 is 0 Å². The van der Waals surface area contributed by atoms with E-state index in [-0.39, 0.29) is 11.3 Å². The molecule has 1 aromatic carbocycles. The van der Waals surface area contributed by atoms with E-state index in [9.17, 15) is 9.90 Å². The maximum absolute atomic E-state index is 11.0. The maximum atomic E-state index is 11.0. The molecule has 4 heteroatoms. The third kappa shape index (κ3) is 2.40. The van der Waals surface area contributed by atoms with E-state index in [1.54, 1.807) is 12.1 Å². The molecule has 0 radical (unpaired) electrons. The van der Waals surface area contributed by atoms with Crippen LogP contribution in [0, 0.1) is 0 Å². The minimum Gasteiger partial charge on any atom is -0.507 e. The van der Waals surface area contributed by atoms with Gasteiger partial charge in [-0.05, 0) is 32.0 Å². The zero-order chi connectivity index (χ0) is 11.4. The van der Waals surface area contributed by atoms with Crippen LogP contribution in [0.1, 0.15) is 24.2 Å². The zero-order valence-electron chi connectivity index (χ0n) is 9.03. The van der Waals surface area contributed by atoms with Crippen LogP contribution in [0.15, 0.2) is 18.2 Å². The third-order valence-electron chi connectivity index (χ3n) is 2.37. The second-order valence-corrected chi connectivity index (χ2v) is 3.24. The van der Waals surface area contributed by atoms with Crippen molar-refractivity contribution < 1.29 is 9.90 Å². The summed E-state index contributed by atoms with van der Waals surface area (Å²) >= 11 is 0. The molecule has 0 aliphatic carbocycles. The topological polar surface area (TPSA) is 66.6 Å². The van der Waals surface area contributed by atoms with Crippen LogP contribution in [0.25, 0.3) is 0 Å². The minimum absolute atomic E-state index is 0.0709. The highest BCUT2D eigenvalue weighted by Gasteiger charge is 2.10. The number of rotatable bonds is 4. The minimum atomic E-state index is -0.610. The van der Waals surface area contributed by atoms with E-state index in [0.717, 1.165) is 18.8 Å². The first-order valence-corrected chi connectivity index (χ1v) is 4.97. The van der Waals surface area contributed by atoms with E-state index in [0.29, 0.717) is 0 Å². The molecule has 4 nitrogen and oxygen atoms in total. The Bertz CT molecular complexity index is 360. The van der Waals surface area contributed by atoms with Crippen molar-refractivity contribution in [1.29, 1.82) is 0 Å².